The highest BCUT2D eigenvalue weighted by Crippen LogP contribution is 2.65. The van der Waals surface area contributed by atoms with E-state index in [0.717, 1.165) is 26.9 Å². The smallest absolute Gasteiger partial charge is 0.324 e. The number of benzene rings is 6. The summed E-state index contributed by atoms with van der Waals surface area (Å²) < 4.78 is 15.1. The molecule has 3 N–H and O–H groups in total. The highest BCUT2D eigenvalue weighted by atomic mass is 32.1. The van der Waals surface area contributed by atoms with Crippen LogP contribution in [0.3, 0.4) is 0 Å². The number of fused-ring (bicyclic) bond motifs is 5. The summed E-state index contributed by atoms with van der Waals surface area (Å²) >= 11 is 1.30. The number of hydrogen-bond donors (Lipinski definition) is 3. The first-order valence-electron chi connectivity index (χ1n) is 21.2. The number of cyclic esters (lactones) is 1. The second-order valence-corrected chi connectivity index (χ2v) is 17.2. The fourth-order valence-electron chi connectivity index (χ4n) is 9.97. The Labute approximate surface area is 376 Å². The van der Waals surface area contributed by atoms with Gasteiger partial charge in [0.2, 0.25) is 11.8 Å². The largest absolute Gasteiger partial charge is 0.491 e. The fraction of sp³-hybridized carbons (Fsp3) is 0.176. The number of para-hydroxylation sites is 2. The van der Waals surface area contributed by atoms with E-state index in [-0.39, 0.29) is 19.8 Å². The number of nitrogens with one attached hydrogen (secondary N) is 2. The van der Waals surface area contributed by atoms with Crippen molar-refractivity contribution < 1.29 is 29.0 Å². The summed E-state index contributed by atoms with van der Waals surface area (Å²) in [5.74, 6) is 3.90. The third-order valence-corrected chi connectivity index (χ3v) is 13.5. The van der Waals surface area contributed by atoms with E-state index in [1.807, 2.05) is 144 Å². The minimum atomic E-state index is -1.77. The SMILES string of the molecule is O=C1O[C@H](c2ccccc2)[C@H](c2ccccc2)N2[C@H]1[C@@H](C(=O)Nc1nc3ccccc3s1)[C@]1(C(=O)Nc3ccc(C#CCn4nnc5ccccc54)cc31)[C@H]2c1cccc(OCCO)c1. The molecule has 14 heteroatoms. The number of hydrogen-bond acceptors (Lipinski definition) is 11. The Balaban J connectivity index is 1.14. The van der Waals surface area contributed by atoms with Gasteiger partial charge in [0.15, 0.2) is 5.13 Å². The van der Waals surface area contributed by atoms with Crippen molar-refractivity contribution in [3.8, 4) is 17.6 Å². The van der Waals surface area contributed by atoms with E-state index in [1.54, 1.807) is 16.8 Å². The third-order valence-electron chi connectivity index (χ3n) is 12.5. The number of anilines is 2. The molecule has 2 saturated heterocycles. The van der Waals surface area contributed by atoms with Gasteiger partial charge in [-0.1, -0.05) is 125 Å². The number of thiazole rings is 1. The number of aliphatic hydroxyl groups is 1. The number of carbonyl (C=O) groups excluding carboxylic acids is 3. The molecule has 0 bridgehead atoms. The number of morpholine rings is 1. The highest BCUT2D eigenvalue weighted by Gasteiger charge is 2.74. The van der Waals surface area contributed by atoms with Gasteiger partial charge < -0.3 is 25.2 Å². The molecule has 13 nitrogen and oxygen atoms in total. The van der Waals surface area contributed by atoms with Gasteiger partial charge in [-0.25, -0.2) is 9.67 Å². The van der Waals surface area contributed by atoms with Gasteiger partial charge in [0, 0.05) is 11.3 Å². The Morgan fingerprint density at radius 2 is 1.57 bits per heavy atom. The van der Waals surface area contributed by atoms with Crippen LogP contribution in [0.2, 0.25) is 0 Å². The van der Waals surface area contributed by atoms with Gasteiger partial charge in [-0.05, 0) is 76.9 Å². The van der Waals surface area contributed by atoms with Gasteiger partial charge in [-0.3, -0.25) is 19.3 Å². The first-order chi connectivity index (χ1) is 31.9. The van der Waals surface area contributed by atoms with Crippen LogP contribution in [0, 0.1) is 17.8 Å². The zero-order chi connectivity index (χ0) is 44.1. The predicted molar refractivity (Wildman–Crippen MR) is 245 cm³/mol. The van der Waals surface area contributed by atoms with Gasteiger partial charge in [-0.15, -0.1) is 5.10 Å². The molecule has 2 fully saturated rings. The maximum Gasteiger partial charge on any atom is 0.324 e. The molecule has 0 unspecified atom stereocenters. The maximum absolute atomic E-state index is 15.7. The molecule has 5 heterocycles. The molecule has 65 heavy (non-hydrogen) atoms. The number of aromatic nitrogens is 4. The van der Waals surface area contributed by atoms with Crippen LogP contribution in [0.1, 0.15) is 46.0 Å². The van der Waals surface area contributed by atoms with Crippen molar-refractivity contribution in [2.24, 2.45) is 5.92 Å². The molecule has 8 aromatic rings. The van der Waals surface area contributed by atoms with E-state index in [9.17, 15) is 5.11 Å². The zero-order valence-corrected chi connectivity index (χ0v) is 35.4. The molecule has 11 rings (SSSR count). The van der Waals surface area contributed by atoms with Gasteiger partial charge in [0.1, 0.15) is 42.0 Å². The van der Waals surface area contributed by atoms with Crippen molar-refractivity contribution >= 4 is 61.2 Å². The molecule has 6 atom stereocenters. The van der Waals surface area contributed by atoms with Crippen LogP contribution in [0.4, 0.5) is 10.8 Å². The predicted octanol–water partition coefficient (Wildman–Crippen LogP) is 7.37. The molecular formula is C51H39N7O6S. The van der Waals surface area contributed by atoms with Crippen molar-refractivity contribution in [2.75, 3.05) is 23.8 Å². The lowest BCUT2D eigenvalue weighted by Gasteiger charge is -2.46. The average Bonchev–Trinajstić information content (AvgIpc) is 4.10. The minimum absolute atomic E-state index is 0.0313. The summed E-state index contributed by atoms with van der Waals surface area (Å²) in [6.07, 6.45) is -0.837. The van der Waals surface area contributed by atoms with E-state index >= 15 is 14.4 Å². The van der Waals surface area contributed by atoms with E-state index < -0.39 is 53.3 Å². The fourth-order valence-corrected chi connectivity index (χ4v) is 10.8. The van der Waals surface area contributed by atoms with Crippen LogP contribution in [-0.2, 0) is 31.1 Å². The van der Waals surface area contributed by atoms with Gasteiger partial charge in [0.05, 0.1) is 40.3 Å². The number of rotatable bonds is 9. The normalized spacial score (nSPS) is 22.2. The Bertz CT molecular complexity index is 3170. The third kappa shape index (κ3) is 6.80. The molecule has 6 aromatic carbocycles. The highest BCUT2D eigenvalue weighted by molar-refractivity contribution is 7.22. The summed E-state index contributed by atoms with van der Waals surface area (Å²) in [5, 5.41) is 24.9. The van der Waals surface area contributed by atoms with Crippen molar-refractivity contribution in [3.63, 3.8) is 0 Å². The van der Waals surface area contributed by atoms with Crippen LogP contribution in [-0.4, -0.2) is 67.0 Å². The molecule has 3 aliphatic heterocycles. The molecule has 3 aliphatic rings. The second-order valence-electron chi connectivity index (χ2n) is 16.1. The van der Waals surface area contributed by atoms with Gasteiger partial charge in [0.25, 0.3) is 0 Å². The number of esters is 1. The molecule has 0 radical (unpaired) electrons. The van der Waals surface area contributed by atoms with E-state index in [1.165, 1.54) is 11.3 Å². The molecule has 1 spiro atoms. The lowest BCUT2D eigenvalue weighted by Crippen LogP contribution is -2.53. The average molecular weight is 878 g/mol. The molecule has 2 amide bonds. The number of amides is 2. The molecule has 320 valence electrons. The monoisotopic (exact) mass is 877 g/mol. The summed E-state index contributed by atoms with van der Waals surface area (Å²) in [6, 6.07) is 44.3. The quantitative estimate of drug-likeness (QED) is 0.0987. The van der Waals surface area contributed by atoms with Gasteiger partial charge >= 0.3 is 5.97 Å². The van der Waals surface area contributed by atoms with Crippen LogP contribution in [0.5, 0.6) is 5.75 Å². The number of carbonyl (C=O) groups is 3. The van der Waals surface area contributed by atoms with Crippen molar-refractivity contribution in [3.05, 3.63) is 179 Å². The van der Waals surface area contributed by atoms with Crippen LogP contribution in [0.15, 0.2) is 152 Å². The van der Waals surface area contributed by atoms with E-state index in [2.05, 4.69) is 32.8 Å². The maximum atomic E-state index is 15.7. The summed E-state index contributed by atoms with van der Waals surface area (Å²) in [7, 11) is 0. The minimum Gasteiger partial charge on any atom is -0.491 e. The molecule has 0 aliphatic carbocycles. The Hall–Kier alpha value is -7.70. The Morgan fingerprint density at radius 3 is 2.37 bits per heavy atom. The summed E-state index contributed by atoms with van der Waals surface area (Å²) in [5.41, 5.74) is 4.28. The van der Waals surface area contributed by atoms with Crippen molar-refractivity contribution in [2.45, 2.75) is 36.2 Å². The molecule has 2 aromatic heterocycles. The van der Waals surface area contributed by atoms with E-state index in [0.29, 0.717) is 38.8 Å². The lowest BCUT2D eigenvalue weighted by molar-refractivity contribution is -0.177. The summed E-state index contributed by atoms with van der Waals surface area (Å²) in [4.78, 5) is 53.3. The zero-order valence-electron chi connectivity index (χ0n) is 34.6. The standard InChI is InChI=1S/C51H39N7O6S/c59-27-28-63-35-19-11-18-34(30-35)46-51(36-29-31(24-25-37(36)52-49(51)62)13-12-26-57-40-22-9-7-20-38(40)55-56-57)42(47(60)54-50-53-39-21-8-10-23-41(39)65-50)44-48(61)64-45(33-16-5-2-6-17-33)43(58(44)46)32-14-3-1-4-15-32/h1-11,14-25,29-30,42-46,59H,26-28H2,(H,52,62)(H,53,54,60)/t42-,43-,44-,45+,46+,51-/m0/s1. The number of aliphatic hydroxyl groups excluding tert-OH is 1. The van der Waals surface area contributed by atoms with E-state index in [4.69, 9.17) is 14.5 Å². The van der Waals surface area contributed by atoms with Gasteiger partial charge in [-0.2, -0.15) is 0 Å². The van der Waals surface area contributed by atoms with Crippen molar-refractivity contribution in [1.29, 1.82) is 0 Å². The Kier molecular flexibility index (Phi) is 10.1. The van der Waals surface area contributed by atoms with Crippen LogP contribution < -0.4 is 15.4 Å². The number of ether oxygens (including phenoxy) is 2. The Morgan fingerprint density at radius 1 is 0.831 bits per heavy atom. The molecule has 0 saturated carbocycles. The first-order valence-corrected chi connectivity index (χ1v) is 22.0. The number of nitrogens with zero attached hydrogens (tertiary/aromatic N) is 5. The van der Waals surface area contributed by atoms with Crippen LogP contribution in [0.25, 0.3) is 21.3 Å². The van der Waals surface area contributed by atoms with Crippen LogP contribution >= 0.6 is 11.3 Å². The lowest BCUT2D eigenvalue weighted by atomic mass is 9.65. The van der Waals surface area contributed by atoms with Crippen molar-refractivity contribution in [1.82, 2.24) is 24.9 Å². The first kappa shape index (κ1) is 40.1. The molecular weight excluding hydrogens is 839 g/mol. The topological polar surface area (TPSA) is 161 Å². The second kappa shape index (κ2) is 16.5. The summed E-state index contributed by atoms with van der Waals surface area (Å²) in [6.45, 7) is 0.0640.